The second kappa shape index (κ2) is 6.75. The molecule has 0 saturated carbocycles. The first-order valence-corrected chi connectivity index (χ1v) is 8.90. The van der Waals surface area contributed by atoms with E-state index < -0.39 is 5.91 Å². The van der Waals surface area contributed by atoms with Crippen molar-refractivity contribution in [1.82, 2.24) is 0 Å². The van der Waals surface area contributed by atoms with Gasteiger partial charge in [-0.05, 0) is 55.5 Å². The molecule has 1 aliphatic heterocycles. The Balaban J connectivity index is 1.37. The van der Waals surface area contributed by atoms with E-state index in [1.54, 1.807) is 12.1 Å². The summed E-state index contributed by atoms with van der Waals surface area (Å²) in [5.74, 6) is 1.41. The minimum atomic E-state index is -0.395. The maximum absolute atomic E-state index is 11.2. The number of fused-ring (bicyclic) bond motifs is 1. The monoisotopic (exact) mass is 350 g/mol. The van der Waals surface area contributed by atoms with Crippen molar-refractivity contribution >= 4 is 22.6 Å². The van der Waals surface area contributed by atoms with Crippen LogP contribution in [0.1, 0.15) is 29.0 Å². The molecule has 0 atom stereocenters. The molecule has 1 amide bonds. The van der Waals surface area contributed by atoms with Gasteiger partial charge >= 0.3 is 0 Å². The predicted octanol–water partition coefficient (Wildman–Crippen LogP) is 3.89. The number of ether oxygens (including phenoxy) is 1. The van der Waals surface area contributed by atoms with Crippen molar-refractivity contribution in [3.05, 3.63) is 59.9 Å². The quantitative estimate of drug-likeness (QED) is 0.775. The molecule has 4 rings (SSSR count). The summed E-state index contributed by atoms with van der Waals surface area (Å²) < 4.78 is 11.8. The average Bonchev–Trinajstić information content (AvgIpc) is 3.02. The van der Waals surface area contributed by atoms with E-state index in [1.807, 2.05) is 43.3 Å². The molecule has 0 bridgehead atoms. The third-order valence-corrected chi connectivity index (χ3v) is 4.87. The number of carbonyl (C=O) groups is 1. The van der Waals surface area contributed by atoms with E-state index in [-0.39, 0.29) is 6.10 Å². The van der Waals surface area contributed by atoms with Gasteiger partial charge in [-0.2, -0.15) is 0 Å². The number of primary amides is 1. The Morgan fingerprint density at radius 2 is 1.85 bits per heavy atom. The summed E-state index contributed by atoms with van der Waals surface area (Å²) in [7, 11) is 0. The standard InChI is InChI=1S/C21H22N2O3/c1-14-12-16-13-19(6-7-20(16)25-14)26-18-8-10-23(11-9-18)17-4-2-15(3-5-17)21(22)24/h2-7,12-13,18H,8-11H2,1H3,(H2,22,24). The lowest BCUT2D eigenvalue weighted by atomic mass is 10.1. The first kappa shape index (κ1) is 16.5. The van der Waals surface area contributed by atoms with Gasteiger partial charge in [0.25, 0.3) is 0 Å². The maximum atomic E-state index is 11.2. The number of amides is 1. The molecule has 1 aliphatic rings. The zero-order valence-corrected chi connectivity index (χ0v) is 14.8. The Morgan fingerprint density at radius 3 is 2.54 bits per heavy atom. The zero-order chi connectivity index (χ0) is 18.1. The van der Waals surface area contributed by atoms with E-state index >= 15 is 0 Å². The second-order valence-corrected chi connectivity index (χ2v) is 6.77. The Hall–Kier alpha value is -2.95. The summed E-state index contributed by atoms with van der Waals surface area (Å²) >= 11 is 0. The molecule has 5 heteroatoms. The van der Waals surface area contributed by atoms with E-state index in [4.69, 9.17) is 14.9 Å². The van der Waals surface area contributed by atoms with Crippen LogP contribution >= 0.6 is 0 Å². The van der Waals surface area contributed by atoms with Crippen LogP contribution in [0.2, 0.25) is 0 Å². The molecule has 26 heavy (non-hydrogen) atoms. The summed E-state index contributed by atoms with van der Waals surface area (Å²) in [5.41, 5.74) is 7.84. The van der Waals surface area contributed by atoms with Crippen molar-refractivity contribution in [2.24, 2.45) is 5.73 Å². The van der Waals surface area contributed by atoms with Gasteiger partial charge in [-0.25, -0.2) is 0 Å². The molecule has 134 valence electrons. The van der Waals surface area contributed by atoms with Crippen LogP contribution in [-0.4, -0.2) is 25.1 Å². The first-order valence-electron chi connectivity index (χ1n) is 8.90. The van der Waals surface area contributed by atoms with Crippen LogP contribution in [0.3, 0.4) is 0 Å². The number of rotatable bonds is 4. The Bertz CT molecular complexity index is 922. The zero-order valence-electron chi connectivity index (χ0n) is 14.8. The molecule has 0 spiro atoms. The topological polar surface area (TPSA) is 68.7 Å². The van der Waals surface area contributed by atoms with E-state index in [2.05, 4.69) is 4.90 Å². The largest absolute Gasteiger partial charge is 0.490 e. The van der Waals surface area contributed by atoms with Crippen LogP contribution in [0.15, 0.2) is 52.9 Å². The first-order chi connectivity index (χ1) is 12.6. The van der Waals surface area contributed by atoms with Crippen LogP contribution < -0.4 is 15.4 Å². The SMILES string of the molecule is Cc1cc2cc(OC3CCN(c4ccc(C(N)=O)cc4)CC3)ccc2o1. The van der Waals surface area contributed by atoms with Crippen LogP contribution in [0, 0.1) is 6.92 Å². The van der Waals surface area contributed by atoms with Crippen LogP contribution in [-0.2, 0) is 0 Å². The highest BCUT2D eigenvalue weighted by Crippen LogP contribution is 2.27. The fourth-order valence-electron chi connectivity index (χ4n) is 3.49. The molecule has 3 aromatic rings. The second-order valence-electron chi connectivity index (χ2n) is 6.77. The normalized spacial score (nSPS) is 15.3. The highest BCUT2D eigenvalue weighted by atomic mass is 16.5. The summed E-state index contributed by atoms with van der Waals surface area (Å²) in [6.07, 6.45) is 2.13. The number of aryl methyl sites for hydroxylation is 1. The highest BCUT2D eigenvalue weighted by Gasteiger charge is 2.21. The minimum absolute atomic E-state index is 0.210. The summed E-state index contributed by atoms with van der Waals surface area (Å²) in [5, 5.41) is 1.08. The molecule has 0 unspecified atom stereocenters. The van der Waals surface area contributed by atoms with Gasteiger partial charge in [-0.1, -0.05) is 0 Å². The van der Waals surface area contributed by atoms with Crippen molar-refractivity contribution < 1.29 is 13.9 Å². The molecule has 2 aromatic carbocycles. The van der Waals surface area contributed by atoms with Gasteiger partial charge in [0.1, 0.15) is 23.2 Å². The number of piperidine rings is 1. The molecule has 1 aromatic heterocycles. The van der Waals surface area contributed by atoms with Gasteiger partial charge in [0, 0.05) is 42.6 Å². The van der Waals surface area contributed by atoms with Crippen molar-refractivity contribution in [3.63, 3.8) is 0 Å². The molecule has 5 nitrogen and oxygen atoms in total. The lowest BCUT2D eigenvalue weighted by Crippen LogP contribution is -2.38. The summed E-state index contributed by atoms with van der Waals surface area (Å²) in [4.78, 5) is 13.5. The van der Waals surface area contributed by atoms with E-state index in [0.29, 0.717) is 5.56 Å². The van der Waals surface area contributed by atoms with Gasteiger partial charge in [0.2, 0.25) is 5.91 Å². The average molecular weight is 350 g/mol. The number of nitrogens with two attached hydrogens (primary N) is 1. The number of hydrogen-bond acceptors (Lipinski definition) is 4. The Morgan fingerprint density at radius 1 is 1.12 bits per heavy atom. The number of nitrogens with zero attached hydrogens (tertiary/aromatic N) is 1. The molecule has 0 aliphatic carbocycles. The van der Waals surface area contributed by atoms with Gasteiger partial charge in [0.15, 0.2) is 0 Å². The van der Waals surface area contributed by atoms with E-state index in [0.717, 1.165) is 54.1 Å². The number of hydrogen-bond donors (Lipinski definition) is 1. The number of anilines is 1. The molecule has 2 N–H and O–H groups in total. The summed E-state index contributed by atoms with van der Waals surface area (Å²) in [6.45, 7) is 3.80. The lowest BCUT2D eigenvalue weighted by molar-refractivity contribution is 0.100. The van der Waals surface area contributed by atoms with Gasteiger partial charge < -0.3 is 19.8 Å². The number of benzene rings is 2. The van der Waals surface area contributed by atoms with E-state index in [1.165, 1.54) is 0 Å². The van der Waals surface area contributed by atoms with Gasteiger partial charge in [-0.15, -0.1) is 0 Å². The maximum Gasteiger partial charge on any atom is 0.248 e. The van der Waals surface area contributed by atoms with Crippen molar-refractivity contribution in [1.29, 1.82) is 0 Å². The molecule has 1 saturated heterocycles. The molecular formula is C21H22N2O3. The minimum Gasteiger partial charge on any atom is -0.490 e. The molecule has 1 fully saturated rings. The molecular weight excluding hydrogens is 328 g/mol. The van der Waals surface area contributed by atoms with Crippen LogP contribution in [0.25, 0.3) is 11.0 Å². The van der Waals surface area contributed by atoms with Crippen molar-refractivity contribution in [2.75, 3.05) is 18.0 Å². The van der Waals surface area contributed by atoms with Crippen molar-refractivity contribution in [3.8, 4) is 5.75 Å². The molecule has 2 heterocycles. The van der Waals surface area contributed by atoms with Crippen molar-refractivity contribution in [2.45, 2.75) is 25.9 Å². The van der Waals surface area contributed by atoms with Gasteiger partial charge in [-0.3, -0.25) is 4.79 Å². The fraction of sp³-hybridized carbons (Fsp3) is 0.286. The third-order valence-electron chi connectivity index (χ3n) is 4.87. The fourth-order valence-corrected chi connectivity index (χ4v) is 3.49. The van der Waals surface area contributed by atoms with Gasteiger partial charge in [0.05, 0.1) is 0 Å². The third kappa shape index (κ3) is 3.38. The Labute approximate surface area is 152 Å². The van der Waals surface area contributed by atoms with Crippen LogP contribution in [0.4, 0.5) is 5.69 Å². The predicted molar refractivity (Wildman–Crippen MR) is 102 cm³/mol. The highest BCUT2D eigenvalue weighted by molar-refractivity contribution is 5.93. The van der Waals surface area contributed by atoms with Crippen LogP contribution in [0.5, 0.6) is 5.75 Å². The number of furan rings is 1. The molecule has 0 radical (unpaired) electrons. The van der Waals surface area contributed by atoms with E-state index in [9.17, 15) is 4.79 Å². The number of carbonyl (C=O) groups excluding carboxylic acids is 1. The lowest BCUT2D eigenvalue weighted by Gasteiger charge is -2.33. The Kier molecular flexibility index (Phi) is 4.29. The smallest absolute Gasteiger partial charge is 0.248 e. The summed E-state index contributed by atoms with van der Waals surface area (Å²) in [6, 6.07) is 15.5.